The quantitative estimate of drug-likeness (QED) is 0.0524. The smallest absolute Gasteiger partial charge is 0.154 e. The number of hydrogen-bond acceptors (Lipinski definition) is 13. The van der Waals surface area contributed by atoms with Gasteiger partial charge in [-0.3, -0.25) is 14.2 Å². The first-order valence-electron chi connectivity index (χ1n) is 31.9. The molecule has 3 saturated carbocycles. The monoisotopic (exact) mass is 1640 g/mol. The molecule has 0 aliphatic heterocycles. The molecule has 104 heavy (non-hydrogen) atoms. The molecule has 3 atom stereocenters. The first-order chi connectivity index (χ1) is 48.7. The van der Waals surface area contributed by atoms with E-state index in [4.69, 9.17) is 79.9 Å². The van der Waals surface area contributed by atoms with Crippen molar-refractivity contribution in [3.8, 4) is 39.1 Å². The number of methoxy groups -OCH3 is 1. The second-order valence-corrected chi connectivity index (χ2v) is 30.7. The molecule has 0 saturated heterocycles. The third-order valence-corrected chi connectivity index (χ3v) is 24.1. The molecule has 34 heteroatoms. The van der Waals surface area contributed by atoms with Crippen LogP contribution in [0.25, 0.3) is 66.5 Å². The first kappa shape index (κ1) is 78.4. The Morgan fingerprint density at radius 3 is 1.20 bits per heavy atom. The maximum atomic E-state index is 15.2. The van der Waals surface area contributed by atoms with Crippen molar-refractivity contribution in [1.82, 2.24) is 43.6 Å². The van der Waals surface area contributed by atoms with E-state index in [-0.39, 0.29) is 63.4 Å². The number of fused-ring (bicyclic) bond motifs is 3. The molecule has 3 unspecified atom stereocenters. The predicted molar refractivity (Wildman–Crippen MR) is 414 cm³/mol. The van der Waals surface area contributed by atoms with Crippen LogP contribution in [-0.2, 0) is 33.0 Å². The summed E-state index contributed by atoms with van der Waals surface area (Å²) in [6, 6.07) is 27.9. The normalized spacial score (nSPS) is 14.7. The predicted octanol–water partition coefficient (Wildman–Crippen LogP) is 16.8. The number of aromatic nitrogens is 9. The Kier molecular flexibility index (Phi) is 25.6. The van der Waals surface area contributed by atoms with Gasteiger partial charge in [0.2, 0.25) is 0 Å². The number of halogens is 9. The lowest BCUT2D eigenvalue weighted by Gasteiger charge is -2.12. The van der Waals surface area contributed by atoms with Crippen molar-refractivity contribution in [2.24, 2.45) is 0 Å². The Bertz CT molecular complexity index is 5240. The van der Waals surface area contributed by atoms with Crippen molar-refractivity contribution in [3.05, 3.63) is 188 Å². The maximum Gasteiger partial charge on any atom is 0.154 e. The van der Waals surface area contributed by atoms with Gasteiger partial charge in [0.05, 0.1) is 70.2 Å². The van der Waals surface area contributed by atoms with Crippen LogP contribution in [0.5, 0.6) is 5.75 Å². The summed E-state index contributed by atoms with van der Waals surface area (Å²) in [5.74, 6) is -0.181. The molecule has 0 bridgehead atoms. The number of ether oxygens (including phenoxy) is 1. The van der Waals surface area contributed by atoms with E-state index in [1.165, 1.54) is 88.2 Å². The molecule has 3 aliphatic carbocycles. The Hall–Kier alpha value is -8.17. The van der Waals surface area contributed by atoms with Crippen LogP contribution in [0.1, 0.15) is 95.2 Å². The third kappa shape index (κ3) is 16.3. The number of benzene rings is 6. The van der Waals surface area contributed by atoms with E-state index in [0.717, 1.165) is 94.9 Å². The molecule has 6 aromatic carbocycles. The minimum Gasteiger partial charge on any atom is -0.495 e. The van der Waals surface area contributed by atoms with Crippen LogP contribution >= 0.6 is 73.9 Å². The topological polar surface area (TPSA) is 361 Å². The molecule has 546 valence electrons. The zero-order chi connectivity index (χ0) is 70.9. The van der Waals surface area contributed by atoms with E-state index in [1.54, 1.807) is 66.7 Å². The summed E-state index contributed by atoms with van der Waals surface area (Å²) in [4.78, 5) is 26.7. The van der Waals surface area contributed by atoms with Crippen molar-refractivity contribution in [3.63, 3.8) is 0 Å². The molecular formula is C70H68BrCl5F3N15O7S3. The van der Waals surface area contributed by atoms with Gasteiger partial charge in [0, 0.05) is 62.9 Å². The molecule has 15 N–H and O–H groups in total. The highest BCUT2D eigenvalue weighted by molar-refractivity contribution is 9.10. The molecule has 6 aromatic heterocycles. The molecule has 15 rings (SSSR count). The fraction of sp³-hybridized carbons (Fsp3) is 0.229. The molecule has 6 heterocycles. The summed E-state index contributed by atoms with van der Waals surface area (Å²) < 4.78 is 104. The number of hydrogen-bond donors (Lipinski definition) is 6. The van der Waals surface area contributed by atoms with Gasteiger partial charge in [0.25, 0.3) is 0 Å². The Labute approximate surface area is 635 Å². The molecule has 3 aliphatic rings. The summed E-state index contributed by atoms with van der Waals surface area (Å²) in [6.07, 6.45) is 23.8. The van der Waals surface area contributed by atoms with Gasteiger partial charge in [-0.25, -0.2) is 55.7 Å². The van der Waals surface area contributed by atoms with Crippen LogP contribution in [0.4, 0.5) is 47.7 Å². The zero-order valence-corrected chi connectivity index (χ0v) is 62.8. The lowest BCUT2D eigenvalue weighted by Crippen LogP contribution is -2.08. The number of nitrogens with zero attached hydrogens (tertiary/aromatic N) is 9. The standard InChI is InChI=1S/C24H23BrFN5O2S.C23H19Cl3FN5OS.C23H20Cl2FN5OS.3H2O/c1-33-20-9-7-15(25)11-21(20)34(32)30-19-8-6-14(10-18(19)26)17-12-31(16-4-2-3-5-16)24-22(17)23(27)28-13-29-24;24-13-8-16(25)21(17(26)9-13)34(33)31-19-6-5-12(7-18(19)27)15-10-32(14-3-1-2-4-14)23-20(15)22(28)29-11-30-23;24-16-6-3-7-19(21(16)25)33(32)30-18-9-8-13(10-17(18)26)15-11-31(14-4-1-2-5-14)23-20(15)22(27)28-12-29-23;;;/h6-13,16,30H,2-5H2,1H3,(H2,27,28,29);5-11,14,31H,1-4H2,(H2,28,29,30);3,6-12,14,30H,1-2,4-5H2,(H2,27,28,29);3*1H2. The van der Waals surface area contributed by atoms with Crippen molar-refractivity contribution in [2.75, 3.05) is 38.5 Å². The molecular weight excluding hydrogens is 1570 g/mol. The summed E-state index contributed by atoms with van der Waals surface area (Å²) >= 11 is 33.7. The SMILES string of the molecule is COc1ccc(Br)cc1S(=O)Nc1ccc(-c2cn(C3CCCC3)c3ncnc(N)c23)cc1F.Nc1ncnc2c1c(-c1ccc(NS(=O)c3c(Cl)cc(Cl)cc3Cl)c(F)c1)cn2C1CCCC1.Nc1ncnc2c1c(-c1ccc(NS(=O)c3cccc(Cl)c3Cl)c(F)c1)cn2C1CCCC1.O.O.O. The highest BCUT2D eigenvalue weighted by Gasteiger charge is 2.28. The van der Waals surface area contributed by atoms with Crippen LogP contribution in [0.15, 0.2) is 160 Å². The summed E-state index contributed by atoms with van der Waals surface area (Å²) in [7, 11) is -3.93. The second kappa shape index (κ2) is 33.9. The second-order valence-electron chi connectivity index (χ2n) is 24.3. The average Bonchev–Trinajstić information content (AvgIpc) is 1.58. The molecule has 22 nitrogen and oxygen atoms in total. The van der Waals surface area contributed by atoms with E-state index in [2.05, 4.69) is 73.7 Å². The highest BCUT2D eigenvalue weighted by Crippen LogP contribution is 2.44. The summed E-state index contributed by atoms with van der Waals surface area (Å²) in [5.41, 5.74) is 25.3. The van der Waals surface area contributed by atoms with Crippen molar-refractivity contribution >= 4 is 175 Å². The Balaban J connectivity index is 0.000000165. The van der Waals surface area contributed by atoms with Gasteiger partial charge in [-0.15, -0.1) is 0 Å². The average molecular weight is 1640 g/mol. The number of nitrogens with two attached hydrogens (primary N) is 3. The minimum atomic E-state index is -1.91. The lowest BCUT2D eigenvalue weighted by molar-refractivity contribution is 0.404. The van der Waals surface area contributed by atoms with Gasteiger partial charge in [0.15, 0.2) is 33.0 Å². The molecule has 12 aromatic rings. The molecule has 0 amide bonds. The van der Waals surface area contributed by atoms with E-state index >= 15 is 13.2 Å². The fourth-order valence-corrected chi connectivity index (χ4v) is 18.5. The van der Waals surface area contributed by atoms with Crippen molar-refractivity contribution in [1.29, 1.82) is 0 Å². The first-order valence-corrected chi connectivity index (χ1v) is 38.1. The largest absolute Gasteiger partial charge is 0.495 e. The van der Waals surface area contributed by atoms with E-state index in [0.29, 0.717) is 78.7 Å². The fourth-order valence-electron chi connectivity index (χ4n) is 13.2. The van der Waals surface area contributed by atoms with Crippen LogP contribution in [0.2, 0.25) is 25.1 Å². The van der Waals surface area contributed by atoms with Crippen LogP contribution in [-0.4, -0.2) is 79.8 Å². The van der Waals surface area contributed by atoms with Crippen LogP contribution in [0, 0.1) is 17.5 Å². The van der Waals surface area contributed by atoms with E-state index in [9.17, 15) is 12.6 Å². The van der Waals surface area contributed by atoms with Gasteiger partial charge in [0.1, 0.15) is 81.5 Å². The van der Waals surface area contributed by atoms with Crippen molar-refractivity contribution < 1.29 is 47.0 Å². The van der Waals surface area contributed by atoms with Gasteiger partial charge >= 0.3 is 0 Å². The summed E-state index contributed by atoms with van der Waals surface area (Å²) in [6.45, 7) is 0. The third-order valence-electron chi connectivity index (χ3n) is 18.1. The molecule has 3 fully saturated rings. The van der Waals surface area contributed by atoms with Gasteiger partial charge in [-0.2, -0.15) is 0 Å². The molecule has 0 spiro atoms. The lowest BCUT2D eigenvalue weighted by atomic mass is 10.1. The zero-order valence-electron chi connectivity index (χ0n) is 55.0. The Morgan fingerprint density at radius 2 is 0.837 bits per heavy atom. The highest BCUT2D eigenvalue weighted by atomic mass is 79.9. The van der Waals surface area contributed by atoms with Gasteiger partial charge < -0.3 is 52.1 Å². The van der Waals surface area contributed by atoms with Crippen LogP contribution in [0.3, 0.4) is 0 Å². The van der Waals surface area contributed by atoms with Crippen molar-refractivity contribution in [2.45, 2.75) is 110 Å². The summed E-state index contributed by atoms with van der Waals surface area (Å²) in [5, 5.41) is 3.11. The number of anilines is 6. The number of rotatable bonds is 16. The minimum absolute atomic E-state index is 0. The Morgan fingerprint density at radius 1 is 0.471 bits per heavy atom. The number of nitrogens with one attached hydrogen (secondary N) is 3. The van der Waals surface area contributed by atoms with Crippen LogP contribution < -0.4 is 36.1 Å². The van der Waals surface area contributed by atoms with Gasteiger partial charge in [-0.1, -0.05) is 137 Å². The maximum absolute atomic E-state index is 15.2. The molecule has 0 radical (unpaired) electrons. The number of nitrogen functional groups attached to an aromatic ring is 3. The van der Waals surface area contributed by atoms with Gasteiger partial charge in [-0.05, 0) is 134 Å². The van der Waals surface area contributed by atoms with E-state index < -0.39 is 50.4 Å². The van der Waals surface area contributed by atoms with E-state index in [1.807, 2.05) is 18.6 Å².